The predicted molar refractivity (Wildman–Crippen MR) is 61.5 cm³/mol. The molecule has 16 heavy (non-hydrogen) atoms. The van der Waals surface area contributed by atoms with Gasteiger partial charge < -0.3 is 15.9 Å². The number of carbonyl (C=O) groups is 1. The van der Waals surface area contributed by atoms with Crippen LogP contribution in [0.15, 0.2) is 24.3 Å². The Morgan fingerprint density at radius 2 is 1.88 bits per heavy atom. The quantitative estimate of drug-likeness (QED) is 0.518. The molecule has 5 heteroatoms. The Labute approximate surface area is 98.6 Å². The molecule has 0 amide bonds. The number of aliphatic hydroxyl groups excluding tert-OH is 2. The number of carbonyl (C=O) groups excluding carboxylic acids is 1. The highest BCUT2D eigenvalue weighted by Gasteiger charge is 2.16. The summed E-state index contributed by atoms with van der Waals surface area (Å²) in [6.07, 6.45) is -2.04. The second kappa shape index (κ2) is 5.96. The fourth-order valence-corrected chi connectivity index (χ4v) is 1.45. The Kier molecular flexibility index (Phi) is 4.89. The number of nitrogens with two attached hydrogens (primary N) is 1. The molecule has 2 atom stereocenters. The molecule has 0 saturated carbocycles. The van der Waals surface area contributed by atoms with Crippen molar-refractivity contribution < 1.29 is 15.0 Å². The van der Waals surface area contributed by atoms with Gasteiger partial charge in [0.25, 0.3) is 0 Å². The van der Waals surface area contributed by atoms with E-state index in [1.807, 2.05) is 0 Å². The van der Waals surface area contributed by atoms with Crippen LogP contribution in [0.25, 0.3) is 0 Å². The smallest absolute Gasteiger partial charge is 0.177 e. The number of halogens is 1. The Hall–Kier alpha value is -0.940. The first-order chi connectivity index (χ1) is 7.60. The van der Waals surface area contributed by atoms with Gasteiger partial charge in [-0.1, -0.05) is 24.3 Å². The van der Waals surface area contributed by atoms with Gasteiger partial charge in [0, 0.05) is 12.1 Å². The minimum absolute atomic E-state index is 0.0243. The predicted octanol–water partition coefficient (Wildman–Crippen LogP) is 0.461. The van der Waals surface area contributed by atoms with Crippen LogP contribution in [-0.2, 0) is 0 Å². The summed E-state index contributed by atoms with van der Waals surface area (Å²) in [5, 5.41) is 19.0. The number of hydrogen-bond donors (Lipinski definition) is 3. The molecule has 0 radical (unpaired) electrons. The van der Waals surface area contributed by atoms with Gasteiger partial charge in [-0.3, -0.25) is 4.79 Å². The molecule has 0 bridgehead atoms. The van der Waals surface area contributed by atoms with E-state index in [-0.39, 0.29) is 18.2 Å². The van der Waals surface area contributed by atoms with Crippen molar-refractivity contribution >= 4 is 17.4 Å². The van der Waals surface area contributed by atoms with Crippen molar-refractivity contribution in [3.05, 3.63) is 35.4 Å². The highest BCUT2D eigenvalue weighted by atomic mass is 35.5. The third-order valence-electron chi connectivity index (χ3n) is 2.30. The van der Waals surface area contributed by atoms with E-state index in [0.717, 1.165) is 0 Å². The van der Waals surface area contributed by atoms with Crippen molar-refractivity contribution in [2.75, 3.05) is 12.4 Å². The van der Waals surface area contributed by atoms with E-state index in [0.29, 0.717) is 11.1 Å². The van der Waals surface area contributed by atoms with E-state index in [2.05, 4.69) is 0 Å². The van der Waals surface area contributed by atoms with Gasteiger partial charge >= 0.3 is 0 Å². The molecule has 0 aliphatic heterocycles. The van der Waals surface area contributed by atoms with Gasteiger partial charge in [-0.2, -0.15) is 0 Å². The number of aliphatic hydroxyl groups is 2. The Morgan fingerprint density at radius 3 is 2.31 bits per heavy atom. The van der Waals surface area contributed by atoms with E-state index < -0.39 is 12.2 Å². The van der Waals surface area contributed by atoms with Crippen molar-refractivity contribution in [2.24, 2.45) is 5.73 Å². The minimum Gasteiger partial charge on any atom is -0.389 e. The zero-order valence-electron chi connectivity index (χ0n) is 8.64. The second-order valence-corrected chi connectivity index (χ2v) is 3.69. The molecular formula is C11H14ClNO3. The van der Waals surface area contributed by atoms with Crippen molar-refractivity contribution in [3.63, 3.8) is 0 Å². The van der Waals surface area contributed by atoms with Crippen molar-refractivity contribution in [1.82, 2.24) is 0 Å². The van der Waals surface area contributed by atoms with Gasteiger partial charge in [0.1, 0.15) is 6.10 Å². The molecule has 2 unspecified atom stereocenters. The van der Waals surface area contributed by atoms with Crippen LogP contribution in [0.2, 0.25) is 0 Å². The molecule has 1 aromatic rings. The van der Waals surface area contributed by atoms with E-state index in [1.165, 1.54) is 0 Å². The number of rotatable bonds is 5. The number of hydrogen-bond acceptors (Lipinski definition) is 4. The fraction of sp³-hybridized carbons (Fsp3) is 0.364. The zero-order chi connectivity index (χ0) is 12.1. The topological polar surface area (TPSA) is 83.6 Å². The maximum absolute atomic E-state index is 11.2. The highest BCUT2D eigenvalue weighted by Crippen LogP contribution is 2.17. The van der Waals surface area contributed by atoms with Gasteiger partial charge in [0.2, 0.25) is 0 Å². The standard InChI is InChI=1S/C11H14ClNO3/c12-5-9(14)7-1-3-8(4-2-7)11(16)10(15)6-13/h1-4,10-11,15-16H,5-6,13H2. The fourth-order valence-electron chi connectivity index (χ4n) is 1.29. The van der Waals surface area contributed by atoms with E-state index >= 15 is 0 Å². The van der Waals surface area contributed by atoms with Gasteiger partial charge in [-0.25, -0.2) is 0 Å². The van der Waals surface area contributed by atoms with Crippen molar-refractivity contribution in [3.8, 4) is 0 Å². The molecule has 1 rings (SSSR count). The first-order valence-corrected chi connectivity index (χ1v) is 5.39. The Morgan fingerprint density at radius 1 is 1.31 bits per heavy atom. The third-order valence-corrected chi connectivity index (χ3v) is 2.54. The summed E-state index contributed by atoms with van der Waals surface area (Å²) >= 11 is 5.41. The molecule has 0 heterocycles. The average Bonchev–Trinajstić information content (AvgIpc) is 2.36. The maximum atomic E-state index is 11.2. The van der Waals surface area contributed by atoms with Crippen LogP contribution < -0.4 is 5.73 Å². The lowest BCUT2D eigenvalue weighted by Gasteiger charge is -2.16. The lowest BCUT2D eigenvalue weighted by atomic mass is 10.0. The van der Waals surface area contributed by atoms with Crippen LogP contribution in [0, 0.1) is 0 Å². The Bertz CT molecular complexity index is 353. The molecule has 4 nitrogen and oxygen atoms in total. The van der Waals surface area contributed by atoms with Gasteiger partial charge in [0.15, 0.2) is 5.78 Å². The molecular weight excluding hydrogens is 230 g/mol. The van der Waals surface area contributed by atoms with Gasteiger partial charge in [0.05, 0.1) is 12.0 Å². The third kappa shape index (κ3) is 3.02. The lowest BCUT2D eigenvalue weighted by molar-refractivity contribution is 0.0243. The first-order valence-electron chi connectivity index (χ1n) is 4.85. The van der Waals surface area contributed by atoms with Crippen LogP contribution in [0.1, 0.15) is 22.0 Å². The van der Waals surface area contributed by atoms with Gasteiger partial charge in [-0.05, 0) is 5.56 Å². The van der Waals surface area contributed by atoms with Gasteiger partial charge in [-0.15, -0.1) is 11.6 Å². The normalized spacial score (nSPS) is 14.5. The second-order valence-electron chi connectivity index (χ2n) is 3.43. The molecule has 88 valence electrons. The van der Waals surface area contributed by atoms with Crippen LogP contribution in [-0.4, -0.2) is 34.5 Å². The average molecular weight is 244 g/mol. The molecule has 0 aliphatic rings. The summed E-state index contributed by atoms with van der Waals surface area (Å²) in [6.45, 7) is -0.0243. The molecule has 0 aliphatic carbocycles. The Balaban J connectivity index is 2.82. The summed E-state index contributed by atoms with van der Waals surface area (Å²) in [5.74, 6) is -0.255. The van der Waals surface area contributed by atoms with Crippen LogP contribution in [0.5, 0.6) is 0 Å². The minimum atomic E-state index is -1.04. The summed E-state index contributed by atoms with van der Waals surface area (Å²) in [4.78, 5) is 11.2. The van der Waals surface area contributed by atoms with E-state index in [9.17, 15) is 15.0 Å². The molecule has 0 saturated heterocycles. The monoisotopic (exact) mass is 243 g/mol. The van der Waals surface area contributed by atoms with Crippen molar-refractivity contribution in [2.45, 2.75) is 12.2 Å². The summed E-state index contributed by atoms with van der Waals surface area (Å²) in [7, 11) is 0. The summed E-state index contributed by atoms with van der Waals surface area (Å²) < 4.78 is 0. The van der Waals surface area contributed by atoms with Crippen LogP contribution in [0.4, 0.5) is 0 Å². The van der Waals surface area contributed by atoms with E-state index in [1.54, 1.807) is 24.3 Å². The lowest BCUT2D eigenvalue weighted by Crippen LogP contribution is -2.27. The molecule has 0 fully saturated rings. The zero-order valence-corrected chi connectivity index (χ0v) is 9.39. The largest absolute Gasteiger partial charge is 0.389 e. The molecule has 0 spiro atoms. The molecule has 4 N–H and O–H groups in total. The van der Waals surface area contributed by atoms with Crippen LogP contribution >= 0.6 is 11.6 Å². The van der Waals surface area contributed by atoms with Crippen molar-refractivity contribution in [1.29, 1.82) is 0 Å². The first kappa shape index (κ1) is 13.1. The molecule has 1 aromatic carbocycles. The number of Topliss-reactive ketones (excluding diaryl/α,β-unsaturated/α-hetero) is 1. The summed E-state index contributed by atoms with van der Waals surface area (Å²) in [5.41, 5.74) is 6.23. The van der Waals surface area contributed by atoms with E-state index in [4.69, 9.17) is 17.3 Å². The number of ketones is 1. The SMILES string of the molecule is NCC(O)C(O)c1ccc(C(=O)CCl)cc1. The highest BCUT2D eigenvalue weighted by molar-refractivity contribution is 6.30. The molecule has 0 aromatic heterocycles. The maximum Gasteiger partial charge on any atom is 0.177 e. The number of benzene rings is 1. The number of alkyl halides is 1. The summed E-state index contributed by atoms with van der Waals surface area (Å²) in [6, 6.07) is 6.27. The van der Waals surface area contributed by atoms with Crippen LogP contribution in [0.3, 0.4) is 0 Å².